The molecule has 2 heterocycles. The maximum absolute atomic E-state index is 12.3. The molecule has 1 amide bonds. The Morgan fingerprint density at radius 3 is 2.68 bits per heavy atom. The quantitative estimate of drug-likeness (QED) is 0.425. The SMILES string of the molecule is Cc1ccc(-c2ccsc2C(=O)N/N=C\c2ccc([N+](=O)[O-])o2)cc1. The molecule has 25 heavy (non-hydrogen) atoms. The van der Waals surface area contributed by atoms with Crippen molar-refractivity contribution in [3.63, 3.8) is 0 Å². The monoisotopic (exact) mass is 355 g/mol. The summed E-state index contributed by atoms with van der Waals surface area (Å²) in [6.45, 7) is 2.00. The highest BCUT2D eigenvalue weighted by atomic mass is 32.1. The van der Waals surface area contributed by atoms with Crippen LogP contribution in [-0.2, 0) is 0 Å². The first-order valence-electron chi connectivity index (χ1n) is 7.27. The number of hydrogen-bond acceptors (Lipinski definition) is 6. The lowest BCUT2D eigenvalue weighted by Crippen LogP contribution is -2.16. The van der Waals surface area contributed by atoms with E-state index in [0.29, 0.717) is 4.88 Å². The van der Waals surface area contributed by atoms with Gasteiger partial charge in [-0.2, -0.15) is 5.10 Å². The molecule has 0 atom stereocenters. The van der Waals surface area contributed by atoms with Gasteiger partial charge in [0.15, 0.2) is 5.76 Å². The first-order valence-corrected chi connectivity index (χ1v) is 8.15. The number of nitro groups is 1. The van der Waals surface area contributed by atoms with Crippen molar-refractivity contribution in [2.45, 2.75) is 6.92 Å². The second kappa shape index (κ2) is 7.10. The normalized spacial score (nSPS) is 10.9. The number of hydrogen-bond donors (Lipinski definition) is 1. The zero-order chi connectivity index (χ0) is 17.8. The summed E-state index contributed by atoms with van der Waals surface area (Å²) in [6, 6.07) is 12.4. The van der Waals surface area contributed by atoms with Gasteiger partial charge in [-0.05, 0) is 30.0 Å². The van der Waals surface area contributed by atoms with E-state index in [1.807, 2.05) is 42.6 Å². The van der Waals surface area contributed by atoms with Gasteiger partial charge in [-0.15, -0.1) is 11.3 Å². The molecule has 7 nitrogen and oxygen atoms in total. The molecule has 0 aliphatic rings. The molecule has 0 unspecified atom stereocenters. The molecule has 8 heteroatoms. The predicted molar refractivity (Wildman–Crippen MR) is 94.9 cm³/mol. The van der Waals surface area contributed by atoms with Crippen LogP contribution in [-0.4, -0.2) is 17.0 Å². The van der Waals surface area contributed by atoms with Crippen molar-refractivity contribution >= 4 is 29.3 Å². The van der Waals surface area contributed by atoms with Crippen LogP contribution < -0.4 is 5.43 Å². The summed E-state index contributed by atoms with van der Waals surface area (Å²) in [7, 11) is 0. The number of amides is 1. The van der Waals surface area contributed by atoms with Crippen LogP contribution in [0.25, 0.3) is 11.1 Å². The molecule has 126 valence electrons. The van der Waals surface area contributed by atoms with E-state index in [1.54, 1.807) is 0 Å². The predicted octanol–water partition coefficient (Wildman–Crippen LogP) is 3.99. The highest BCUT2D eigenvalue weighted by Gasteiger charge is 2.14. The fraction of sp³-hybridized carbons (Fsp3) is 0.0588. The Kier molecular flexibility index (Phi) is 4.71. The number of aryl methyl sites for hydroxylation is 1. The number of carbonyl (C=O) groups excluding carboxylic acids is 1. The fourth-order valence-electron chi connectivity index (χ4n) is 2.16. The van der Waals surface area contributed by atoms with Crippen LogP contribution in [0.3, 0.4) is 0 Å². The second-order valence-electron chi connectivity index (χ2n) is 5.16. The molecular formula is C17H13N3O4S. The maximum atomic E-state index is 12.3. The highest BCUT2D eigenvalue weighted by Crippen LogP contribution is 2.28. The highest BCUT2D eigenvalue weighted by molar-refractivity contribution is 7.12. The lowest BCUT2D eigenvalue weighted by molar-refractivity contribution is -0.402. The van der Waals surface area contributed by atoms with E-state index >= 15 is 0 Å². The first-order chi connectivity index (χ1) is 12.0. The van der Waals surface area contributed by atoms with Crippen LogP contribution in [0.4, 0.5) is 5.88 Å². The lowest BCUT2D eigenvalue weighted by Gasteiger charge is -2.03. The van der Waals surface area contributed by atoms with Gasteiger partial charge in [-0.3, -0.25) is 14.9 Å². The smallest absolute Gasteiger partial charge is 0.400 e. The summed E-state index contributed by atoms with van der Waals surface area (Å²) >= 11 is 1.31. The number of carbonyl (C=O) groups is 1. The van der Waals surface area contributed by atoms with Crippen molar-refractivity contribution in [2.24, 2.45) is 5.10 Å². The Morgan fingerprint density at radius 1 is 1.24 bits per heavy atom. The van der Waals surface area contributed by atoms with Gasteiger partial charge < -0.3 is 4.42 Å². The van der Waals surface area contributed by atoms with Crippen molar-refractivity contribution in [3.05, 3.63) is 74.2 Å². The van der Waals surface area contributed by atoms with Gasteiger partial charge in [-0.1, -0.05) is 29.8 Å². The third-order valence-corrected chi connectivity index (χ3v) is 4.30. The molecule has 0 spiro atoms. The molecule has 1 aromatic carbocycles. The van der Waals surface area contributed by atoms with E-state index in [1.165, 1.54) is 29.7 Å². The number of nitrogens with zero attached hydrogens (tertiary/aromatic N) is 2. The summed E-state index contributed by atoms with van der Waals surface area (Å²) in [5, 5.41) is 16.2. The number of benzene rings is 1. The van der Waals surface area contributed by atoms with E-state index in [-0.39, 0.29) is 17.6 Å². The summed E-state index contributed by atoms with van der Waals surface area (Å²) in [6.07, 6.45) is 1.21. The van der Waals surface area contributed by atoms with Gasteiger partial charge in [0.1, 0.15) is 9.80 Å². The molecule has 2 aromatic heterocycles. The molecular weight excluding hydrogens is 342 g/mol. The van der Waals surface area contributed by atoms with E-state index in [9.17, 15) is 14.9 Å². The summed E-state index contributed by atoms with van der Waals surface area (Å²) in [5.41, 5.74) is 5.32. The van der Waals surface area contributed by atoms with Crippen LogP contribution in [0.2, 0.25) is 0 Å². The fourth-order valence-corrected chi connectivity index (χ4v) is 2.97. The minimum Gasteiger partial charge on any atom is -0.400 e. The number of rotatable bonds is 5. The number of nitrogens with one attached hydrogen (secondary N) is 1. The van der Waals surface area contributed by atoms with Crippen LogP contribution in [0.5, 0.6) is 0 Å². The van der Waals surface area contributed by atoms with Crippen molar-refractivity contribution in [1.82, 2.24) is 5.43 Å². The molecule has 0 aliphatic carbocycles. The zero-order valence-corrected chi connectivity index (χ0v) is 13.9. The van der Waals surface area contributed by atoms with Crippen molar-refractivity contribution in [1.29, 1.82) is 0 Å². The van der Waals surface area contributed by atoms with Gasteiger partial charge in [0.2, 0.25) is 0 Å². The molecule has 1 N–H and O–H groups in total. The number of furan rings is 1. The standard InChI is InChI=1S/C17H13N3O4S/c1-11-2-4-12(5-3-11)14-8-9-25-16(14)17(21)19-18-10-13-6-7-15(24-13)20(22)23/h2-10H,1H3,(H,19,21)/b18-10-. The molecule has 3 rings (SSSR count). The average Bonchev–Trinajstić information content (AvgIpc) is 3.24. The number of thiophene rings is 1. The molecule has 0 bridgehead atoms. The van der Waals surface area contributed by atoms with Gasteiger partial charge in [0.25, 0.3) is 5.91 Å². The molecule has 3 aromatic rings. The zero-order valence-electron chi connectivity index (χ0n) is 13.1. The third-order valence-electron chi connectivity index (χ3n) is 3.38. The maximum Gasteiger partial charge on any atom is 0.433 e. The van der Waals surface area contributed by atoms with Crippen LogP contribution in [0.1, 0.15) is 21.0 Å². The minimum atomic E-state index is -0.643. The molecule has 0 fully saturated rings. The van der Waals surface area contributed by atoms with Gasteiger partial charge >= 0.3 is 5.88 Å². The Bertz CT molecular complexity index is 941. The van der Waals surface area contributed by atoms with Crippen LogP contribution in [0.15, 0.2) is 57.4 Å². The third kappa shape index (κ3) is 3.81. The van der Waals surface area contributed by atoms with E-state index in [4.69, 9.17) is 4.42 Å². The summed E-state index contributed by atoms with van der Waals surface area (Å²) < 4.78 is 4.92. The van der Waals surface area contributed by atoms with Crippen molar-refractivity contribution < 1.29 is 14.1 Å². The molecule has 0 saturated carbocycles. The molecule has 0 saturated heterocycles. The van der Waals surface area contributed by atoms with Crippen molar-refractivity contribution in [3.8, 4) is 11.1 Å². The Hall–Kier alpha value is -3.26. The first kappa shape index (κ1) is 16.6. The van der Waals surface area contributed by atoms with Gasteiger partial charge in [-0.25, -0.2) is 5.43 Å². The Balaban J connectivity index is 1.71. The van der Waals surface area contributed by atoms with E-state index < -0.39 is 4.92 Å². The van der Waals surface area contributed by atoms with Crippen molar-refractivity contribution in [2.75, 3.05) is 0 Å². The van der Waals surface area contributed by atoms with Gasteiger partial charge in [0, 0.05) is 5.56 Å². The minimum absolute atomic E-state index is 0.178. The lowest BCUT2D eigenvalue weighted by atomic mass is 10.1. The molecule has 0 aliphatic heterocycles. The van der Waals surface area contributed by atoms with Crippen LogP contribution in [0, 0.1) is 17.0 Å². The Morgan fingerprint density at radius 2 is 2.00 bits per heavy atom. The van der Waals surface area contributed by atoms with Crippen LogP contribution >= 0.6 is 11.3 Å². The largest absolute Gasteiger partial charge is 0.433 e. The molecule has 0 radical (unpaired) electrons. The number of hydrazone groups is 1. The van der Waals surface area contributed by atoms with E-state index in [2.05, 4.69) is 10.5 Å². The summed E-state index contributed by atoms with van der Waals surface area (Å²) in [4.78, 5) is 22.8. The van der Waals surface area contributed by atoms with Gasteiger partial charge in [0.05, 0.1) is 12.3 Å². The topological polar surface area (TPSA) is 97.7 Å². The Labute approximate surface area is 146 Å². The van der Waals surface area contributed by atoms with E-state index in [0.717, 1.165) is 16.7 Å². The second-order valence-corrected chi connectivity index (χ2v) is 6.08. The summed E-state index contributed by atoms with van der Waals surface area (Å²) in [5.74, 6) is -0.562. The average molecular weight is 355 g/mol.